The number of aliphatic carboxylic acids is 1. The van der Waals surface area contributed by atoms with Gasteiger partial charge in [0.1, 0.15) is 29.1 Å². The number of aryl methyl sites for hydroxylation is 2. The van der Waals surface area contributed by atoms with E-state index in [1.807, 2.05) is 38.1 Å². The number of carboxylic acid groups (broad SMARTS) is 1. The van der Waals surface area contributed by atoms with E-state index >= 15 is 0 Å². The Morgan fingerprint density at radius 2 is 1.07 bits per heavy atom. The summed E-state index contributed by atoms with van der Waals surface area (Å²) in [6, 6.07) is 26.6. The number of halogens is 10. The third-order valence-corrected chi connectivity index (χ3v) is 12.3. The van der Waals surface area contributed by atoms with Crippen LogP contribution in [0.4, 0.5) is 45.2 Å². The minimum Gasteiger partial charge on any atom is -0.542 e. The van der Waals surface area contributed by atoms with Crippen LogP contribution in [0, 0.1) is 27.2 Å². The summed E-state index contributed by atoms with van der Waals surface area (Å²) in [6.07, 6.45) is -12.3. The van der Waals surface area contributed by atoms with Gasteiger partial charge in [0.25, 0.3) is 11.8 Å². The number of carbonyl (C=O) groups is 1. The smallest absolute Gasteiger partial charge is 0.542 e. The van der Waals surface area contributed by atoms with Gasteiger partial charge < -0.3 is 50.8 Å². The molecule has 0 amide bonds. The Morgan fingerprint density at radius 1 is 0.667 bits per heavy atom. The molecule has 0 aliphatic carbocycles. The maximum absolute atomic E-state index is 12.4. The van der Waals surface area contributed by atoms with Gasteiger partial charge in [0.05, 0.1) is 13.1 Å². The zero-order valence-electron chi connectivity index (χ0n) is 45.0. The predicted octanol–water partition coefficient (Wildman–Crippen LogP) is 9.76. The Labute approximate surface area is 523 Å². The Kier molecular flexibility index (Phi) is 27.9. The van der Waals surface area contributed by atoms with Crippen LogP contribution in [0.25, 0.3) is 46.3 Å². The van der Waals surface area contributed by atoms with Crippen molar-refractivity contribution in [1.29, 1.82) is 0 Å². The van der Waals surface area contributed by atoms with E-state index in [0.29, 0.717) is 35.9 Å². The Balaban J connectivity index is 0.000000347. The van der Waals surface area contributed by atoms with Crippen LogP contribution in [0.5, 0.6) is 11.5 Å². The van der Waals surface area contributed by atoms with Gasteiger partial charge in [-0.25, -0.2) is 19.3 Å². The monoisotopic (exact) mass is 1520 g/mol. The molecule has 2 saturated heterocycles. The van der Waals surface area contributed by atoms with Crippen LogP contribution in [0.2, 0.25) is 0 Å². The maximum Gasteiger partial charge on any atom is 1.00 e. The molecule has 10 rings (SSSR count). The molecule has 0 atom stereocenters. The first-order chi connectivity index (χ1) is 37.8. The second-order valence-electron chi connectivity index (χ2n) is 18.1. The van der Waals surface area contributed by atoms with Crippen molar-refractivity contribution in [3.05, 3.63) is 132 Å². The van der Waals surface area contributed by atoms with Gasteiger partial charge in [0, 0.05) is 100 Å². The molecule has 0 bridgehead atoms. The van der Waals surface area contributed by atoms with Gasteiger partial charge in [-0.15, -0.1) is 56.9 Å². The molecule has 8 aromatic rings. The van der Waals surface area contributed by atoms with Crippen LogP contribution in [0.15, 0.2) is 110 Å². The average Bonchev–Trinajstić information content (AvgIpc) is 4.39. The van der Waals surface area contributed by atoms with Crippen molar-refractivity contribution < 1.29 is 127 Å². The van der Waals surface area contributed by atoms with Gasteiger partial charge in [-0.05, 0) is 124 Å². The van der Waals surface area contributed by atoms with Crippen LogP contribution < -0.4 is 24.8 Å². The second kappa shape index (κ2) is 32.5. The molecule has 4 aromatic heterocycles. The number of anilines is 1. The number of nitrogens with one attached hydrogen (secondary N) is 1. The molecule has 6 heterocycles. The van der Waals surface area contributed by atoms with Gasteiger partial charge >= 0.3 is 38.4 Å². The van der Waals surface area contributed by atoms with Crippen molar-refractivity contribution in [1.82, 2.24) is 60.1 Å². The number of nitrogens with zero attached hydrogens (tertiary/aromatic N) is 12. The molecular weight excluding hydrogens is 1460 g/mol. The van der Waals surface area contributed by atoms with E-state index in [9.17, 15) is 39.5 Å². The van der Waals surface area contributed by atoms with E-state index in [4.69, 9.17) is 18.7 Å². The van der Waals surface area contributed by atoms with Gasteiger partial charge in [-0.1, -0.05) is 47.1 Å². The van der Waals surface area contributed by atoms with E-state index in [2.05, 4.69) is 119 Å². The Morgan fingerprint density at radius 3 is 1.45 bits per heavy atom. The van der Waals surface area contributed by atoms with E-state index in [0.717, 1.165) is 47.7 Å². The van der Waals surface area contributed by atoms with Gasteiger partial charge in [0.2, 0.25) is 23.4 Å². The molecule has 0 spiro atoms. The molecule has 32 heteroatoms. The Hall–Kier alpha value is -6.01. The molecule has 2 aliphatic heterocycles. The fraction of sp³-hybridized carbons (Fsp3) is 0.346. The largest absolute Gasteiger partial charge is 1.00 e. The average molecular weight is 1520 g/mol. The molecular formula is C52H53BrF9N13O6PdRu2-. The minimum absolute atomic E-state index is 0. The summed E-state index contributed by atoms with van der Waals surface area (Å²) in [5.74, 6) is -0.505. The number of benzene rings is 4. The Bertz CT molecular complexity index is 3280. The summed E-state index contributed by atoms with van der Waals surface area (Å²) in [7, 11) is 2.15. The minimum atomic E-state index is -5.19. The zero-order chi connectivity index (χ0) is 57.8. The summed E-state index contributed by atoms with van der Waals surface area (Å²) in [6.45, 7) is 13.9. The van der Waals surface area contributed by atoms with Crippen molar-refractivity contribution in [3.63, 3.8) is 0 Å². The molecule has 2 aliphatic rings. The second-order valence-corrected chi connectivity index (χ2v) is 19.0. The van der Waals surface area contributed by atoms with E-state index in [1.165, 1.54) is 80.1 Å². The van der Waals surface area contributed by atoms with Crippen molar-refractivity contribution in [2.45, 2.75) is 65.6 Å². The first kappa shape index (κ1) is 72.2. The molecule has 0 saturated carbocycles. The molecule has 4 aromatic carbocycles. The summed E-state index contributed by atoms with van der Waals surface area (Å²) in [5, 5.41) is 36.9. The maximum atomic E-state index is 12.4. The van der Waals surface area contributed by atoms with E-state index in [1.54, 1.807) is 9.36 Å². The third kappa shape index (κ3) is 22.4. The molecule has 0 unspecified atom stereocenters. The third-order valence-electron chi connectivity index (χ3n) is 11.8. The van der Waals surface area contributed by atoms with E-state index < -0.39 is 24.9 Å². The molecule has 459 valence electrons. The summed E-state index contributed by atoms with van der Waals surface area (Å²) < 4.78 is 129. The predicted molar refractivity (Wildman–Crippen MR) is 278 cm³/mol. The fourth-order valence-electron chi connectivity index (χ4n) is 7.66. The standard InChI is InChI=1S/C25H25F3N6O2.C19H13BrF3N5O2.C5H12N2.C2HF3O2.CH3.Pd.2Ru/c1-16-10-12-33(13-11-16)20-5-3-4-18(14-20)15-34-17(2)29-22(32-34)24-31-30-23(35-24)19-6-8-21(9-7-19)36-25(26,27)28;1-11-24-16(27-28(11)10-12-3-2-4-14(20)9-12)18-26-25-17(29-18)13-5-7-15(8-6-13)30-19(21,22)23;1-7-4-2-6-3-5-7;3-2(4,5)1(6)7;;;;/h3-9,14,16H,10-13,15H2,1-2H3;2-9H,10H2,1H3;6H,2-5H2,1H3;(H,6,7);1H3;;;/q;;;;-1;;;+1/p-1. The van der Waals surface area contributed by atoms with Crippen LogP contribution >= 0.6 is 15.9 Å². The van der Waals surface area contributed by atoms with E-state index in [-0.39, 0.29) is 114 Å². The number of alkyl halides is 9. The van der Waals surface area contributed by atoms with Gasteiger partial charge in [-0.3, -0.25) is 0 Å². The van der Waals surface area contributed by atoms with Crippen molar-refractivity contribution in [2.24, 2.45) is 5.92 Å². The zero-order valence-corrected chi connectivity index (χ0v) is 51.6. The van der Waals surface area contributed by atoms with Crippen molar-refractivity contribution in [3.8, 4) is 57.8 Å². The SMILES string of the molecule is CN1CCNCC1.Cc1nc(-c2nnc(-c3ccc(OC(F)(F)F)cc3)o2)nn1Cc1cccc(Br)c1.Cc1nc(-c2nnc(-c3ccc(OC(F)(F)F)cc3)o2)nn1Cc1cccc(N2CCC(C)CC2)c1.O=C([O-])C(F)(F)F.[CH3-].[Pd].[Ru+].[Ru]. The summed E-state index contributed by atoms with van der Waals surface area (Å²) in [4.78, 5) is 22.4. The number of hydrogen-bond donors (Lipinski definition) is 1. The fourth-order valence-corrected chi connectivity index (χ4v) is 8.10. The van der Waals surface area contributed by atoms with Crippen LogP contribution in [-0.2, 0) is 77.3 Å². The normalized spacial score (nSPS) is 13.6. The summed E-state index contributed by atoms with van der Waals surface area (Å²) in [5.41, 5.74) is 4.25. The number of hydrogen-bond acceptors (Lipinski definition) is 17. The topological polar surface area (TPSA) is 216 Å². The van der Waals surface area contributed by atoms with Gasteiger partial charge in [0.15, 0.2) is 0 Å². The number of likely N-dealkylation sites (N-methyl/N-ethyl adjacent to an activating group) is 1. The molecule has 2 fully saturated rings. The number of ether oxygens (including phenoxy) is 2. The number of aromatic nitrogens is 10. The number of carboxylic acids is 1. The summed E-state index contributed by atoms with van der Waals surface area (Å²) >= 11 is 3.44. The quantitative estimate of drug-likeness (QED) is 0.0724. The molecule has 1 radical (unpaired) electrons. The first-order valence-corrected chi connectivity index (χ1v) is 25.1. The van der Waals surface area contributed by atoms with Crippen molar-refractivity contribution >= 4 is 27.6 Å². The number of piperidine rings is 1. The van der Waals surface area contributed by atoms with Crippen molar-refractivity contribution in [2.75, 3.05) is 51.2 Å². The molecule has 84 heavy (non-hydrogen) atoms. The van der Waals surface area contributed by atoms with Gasteiger partial charge in [-0.2, -0.15) is 13.2 Å². The number of carbonyl (C=O) groups excluding carboxylic acids is 1. The first-order valence-electron chi connectivity index (χ1n) is 24.3. The number of rotatable bonds is 11. The number of piperazine rings is 1. The molecule has 1 N–H and O–H groups in total. The van der Waals surface area contributed by atoms with Crippen LogP contribution in [0.1, 0.15) is 42.5 Å². The van der Waals surface area contributed by atoms with Crippen LogP contribution in [0.3, 0.4) is 0 Å². The molecule has 19 nitrogen and oxygen atoms in total. The van der Waals surface area contributed by atoms with Crippen LogP contribution in [-0.4, -0.2) is 126 Å².